The van der Waals surface area contributed by atoms with Gasteiger partial charge in [-0.25, -0.2) is 10.1 Å². The van der Waals surface area contributed by atoms with E-state index in [9.17, 15) is 9.59 Å². The number of nitrogens with one attached hydrogen (secondary N) is 2. The van der Waals surface area contributed by atoms with E-state index in [1.165, 1.54) is 16.8 Å². The minimum atomic E-state index is -0.656. The molecule has 10 nitrogen and oxygen atoms in total. The highest BCUT2D eigenvalue weighted by molar-refractivity contribution is 6.03. The van der Waals surface area contributed by atoms with Crippen LogP contribution in [0.25, 0.3) is 16.7 Å². The summed E-state index contributed by atoms with van der Waals surface area (Å²) >= 11 is 0. The van der Waals surface area contributed by atoms with E-state index in [4.69, 9.17) is 0 Å². The Labute approximate surface area is 127 Å². The van der Waals surface area contributed by atoms with E-state index in [1.807, 2.05) is 6.07 Å². The molecule has 0 radical (unpaired) electrons. The lowest BCUT2D eigenvalue weighted by Gasteiger charge is -2.06. The summed E-state index contributed by atoms with van der Waals surface area (Å²) in [6.45, 7) is 0. The van der Waals surface area contributed by atoms with Crippen molar-refractivity contribution in [1.29, 1.82) is 0 Å². The van der Waals surface area contributed by atoms with Crippen LogP contribution in [0, 0.1) is 0 Å². The number of carbonyl (C=O) groups excluding carboxylic acids is 1. The number of aromatic amines is 1. The van der Waals surface area contributed by atoms with Crippen LogP contribution in [-0.4, -0.2) is 40.9 Å². The molecule has 23 heavy (non-hydrogen) atoms. The number of hydrogen-bond acceptors (Lipinski definition) is 7. The van der Waals surface area contributed by atoms with Crippen molar-refractivity contribution < 1.29 is 4.79 Å². The molecule has 0 aliphatic carbocycles. The van der Waals surface area contributed by atoms with Gasteiger partial charge in [0.05, 0.1) is 17.2 Å². The largest absolute Gasteiger partial charge is 0.289 e. The lowest BCUT2D eigenvalue weighted by Crippen LogP contribution is -2.27. The molecule has 0 saturated carbocycles. The van der Waals surface area contributed by atoms with Crippen molar-refractivity contribution in [2.75, 3.05) is 5.32 Å². The first kappa shape index (κ1) is 13.0. The summed E-state index contributed by atoms with van der Waals surface area (Å²) in [5, 5.41) is 15.0. The molecule has 0 aliphatic rings. The van der Waals surface area contributed by atoms with E-state index < -0.39 is 11.5 Å². The van der Waals surface area contributed by atoms with Crippen LogP contribution in [0.1, 0.15) is 10.4 Å². The van der Waals surface area contributed by atoms with Crippen molar-refractivity contribution in [1.82, 2.24) is 35.0 Å². The molecule has 4 aromatic rings. The van der Waals surface area contributed by atoms with Crippen molar-refractivity contribution in [3.8, 4) is 0 Å². The Kier molecular flexibility index (Phi) is 2.80. The zero-order chi connectivity index (χ0) is 15.8. The first-order valence-corrected chi connectivity index (χ1v) is 6.54. The Morgan fingerprint density at radius 3 is 2.87 bits per heavy atom. The molecule has 1 amide bonds. The minimum absolute atomic E-state index is 0.0408. The molecule has 0 fully saturated rings. The summed E-state index contributed by atoms with van der Waals surface area (Å²) in [5.41, 5.74) is 0.916. The molecule has 3 aromatic heterocycles. The molecular weight excluding hydrogens is 300 g/mol. The summed E-state index contributed by atoms with van der Waals surface area (Å²) in [7, 11) is 0. The van der Waals surface area contributed by atoms with E-state index >= 15 is 0 Å². The number of nitrogens with zero attached hydrogens (tertiary/aromatic N) is 6. The van der Waals surface area contributed by atoms with Crippen molar-refractivity contribution >= 4 is 28.5 Å². The number of hydrogen-bond donors (Lipinski definition) is 2. The van der Waals surface area contributed by atoms with E-state index in [2.05, 4.69) is 35.9 Å². The van der Waals surface area contributed by atoms with Crippen molar-refractivity contribution in [2.45, 2.75) is 0 Å². The van der Waals surface area contributed by atoms with Crippen LogP contribution in [0.3, 0.4) is 0 Å². The van der Waals surface area contributed by atoms with Gasteiger partial charge in [-0.3, -0.25) is 24.3 Å². The van der Waals surface area contributed by atoms with Gasteiger partial charge in [0, 0.05) is 6.20 Å². The van der Waals surface area contributed by atoms with Gasteiger partial charge in [-0.15, -0.1) is 0 Å². The van der Waals surface area contributed by atoms with Crippen LogP contribution in [0.4, 0.5) is 5.95 Å². The van der Waals surface area contributed by atoms with Gasteiger partial charge in [0.1, 0.15) is 5.56 Å². The number of rotatable bonds is 2. The Bertz CT molecular complexity index is 1090. The molecule has 3 heterocycles. The zero-order valence-corrected chi connectivity index (χ0v) is 11.5. The predicted molar refractivity (Wildman–Crippen MR) is 78.9 cm³/mol. The highest BCUT2D eigenvalue weighted by Crippen LogP contribution is 2.11. The van der Waals surface area contributed by atoms with Gasteiger partial charge in [0.15, 0.2) is 5.65 Å². The topological polar surface area (TPSA) is 131 Å². The number of benzene rings is 1. The Hall–Kier alpha value is -3.69. The van der Waals surface area contributed by atoms with Crippen LogP contribution >= 0.6 is 0 Å². The Morgan fingerprint density at radius 2 is 2.04 bits per heavy atom. The Morgan fingerprint density at radius 1 is 1.17 bits per heavy atom. The summed E-state index contributed by atoms with van der Waals surface area (Å²) in [6, 6.07) is 7.10. The van der Waals surface area contributed by atoms with E-state index in [-0.39, 0.29) is 11.5 Å². The van der Waals surface area contributed by atoms with Crippen molar-refractivity contribution in [3.63, 3.8) is 0 Å². The molecule has 2 N–H and O–H groups in total. The molecule has 4 rings (SSSR count). The first-order valence-electron chi connectivity index (χ1n) is 6.54. The average molecular weight is 308 g/mol. The number of tetrazole rings is 1. The van der Waals surface area contributed by atoms with Crippen LogP contribution in [-0.2, 0) is 0 Å². The van der Waals surface area contributed by atoms with Crippen molar-refractivity contribution in [2.24, 2.45) is 0 Å². The van der Waals surface area contributed by atoms with Crippen LogP contribution < -0.4 is 10.9 Å². The summed E-state index contributed by atoms with van der Waals surface area (Å²) in [6.07, 6.45) is 2.68. The highest BCUT2D eigenvalue weighted by atomic mass is 16.2. The number of carbonyl (C=O) groups is 1. The smallest absolute Gasteiger partial charge is 0.271 e. The van der Waals surface area contributed by atoms with Crippen molar-refractivity contribution in [3.05, 3.63) is 52.6 Å². The van der Waals surface area contributed by atoms with E-state index in [0.717, 1.165) is 0 Å². The molecule has 0 saturated heterocycles. The number of aromatic nitrogens is 7. The normalized spacial score (nSPS) is 11.0. The minimum Gasteiger partial charge on any atom is -0.289 e. The van der Waals surface area contributed by atoms with Gasteiger partial charge < -0.3 is 0 Å². The molecule has 10 heteroatoms. The monoisotopic (exact) mass is 308 g/mol. The number of anilines is 1. The number of H-pyrrole nitrogens is 1. The SMILES string of the molecule is O=C(Nc1nnn[nH]1)c1cnc2cnc3ccccc3n2c1=O. The van der Waals surface area contributed by atoms with Gasteiger partial charge in [-0.2, -0.15) is 0 Å². The second kappa shape index (κ2) is 4.94. The molecule has 1 aromatic carbocycles. The standard InChI is InChI=1S/C13H8N8O2/c22-11(16-13-17-19-20-18-13)7-5-15-10-6-14-8-3-1-2-4-9(8)21(10)12(7)23/h1-6H,(H2,16,17,18,19,20,22). The molecule has 0 spiro atoms. The fraction of sp³-hybridized carbons (Fsp3) is 0. The predicted octanol–water partition coefficient (Wildman–Crippen LogP) is 0.00810. The molecule has 0 bridgehead atoms. The number of para-hydroxylation sites is 2. The van der Waals surface area contributed by atoms with Gasteiger partial charge in [0.25, 0.3) is 11.5 Å². The van der Waals surface area contributed by atoms with Crippen LogP contribution in [0.15, 0.2) is 41.5 Å². The second-order valence-corrected chi connectivity index (χ2v) is 4.62. The van der Waals surface area contributed by atoms with Gasteiger partial charge >= 0.3 is 0 Å². The van der Waals surface area contributed by atoms with Crippen LogP contribution in [0.2, 0.25) is 0 Å². The lowest BCUT2D eigenvalue weighted by atomic mass is 10.2. The maximum atomic E-state index is 12.7. The van der Waals surface area contributed by atoms with E-state index in [1.54, 1.807) is 18.2 Å². The van der Waals surface area contributed by atoms with E-state index in [0.29, 0.717) is 16.7 Å². The first-order chi connectivity index (χ1) is 11.2. The third kappa shape index (κ3) is 2.09. The molecular formula is C13H8N8O2. The maximum Gasteiger partial charge on any atom is 0.271 e. The van der Waals surface area contributed by atoms with Crippen LogP contribution in [0.5, 0.6) is 0 Å². The number of fused-ring (bicyclic) bond motifs is 3. The third-order valence-electron chi connectivity index (χ3n) is 3.25. The highest BCUT2D eigenvalue weighted by Gasteiger charge is 2.16. The second-order valence-electron chi connectivity index (χ2n) is 4.62. The van der Waals surface area contributed by atoms with Gasteiger partial charge in [-0.1, -0.05) is 17.2 Å². The molecule has 112 valence electrons. The summed E-state index contributed by atoms with van der Waals surface area (Å²) in [4.78, 5) is 33.3. The summed E-state index contributed by atoms with van der Waals surface area (Å²) < 4.78 is 1.34. The quantitative estimate of drug-likeness (QED) is 0.498. The average Bonchev–Trinajstić information content (AvgIpc) is 3.07. The lowest BCUT2D eigenvalue weighted by molar-refractivity contribution is 0.102. The van der Waals surface area contributed by atoms with Gasteiger partial charge in [0.2, 0.25) is 5.95 Å². The maximum absolute atomic E-state index is 12.7. The Balaban J connectivity index is 1.92. The fourth-order valence-corrected chi connectivity index (χ4v) is 2.22. The molecule has 0 unspecified atom stereocenters. The molecule has 0 atom stereocenters. The summed E-state index contributed by atoms with van der Waals surface area (Å²) in [5.74, 6) is -0.615. The molecule has 0 aliphatic heterocycles. The third-order valence-corrected chi connectivity index (χ3v) is 3.25. The fourth-order valence-electron chi connectivity index (χ4n) is 2.22. The number of amides is 1. The van der Waals surface area contributed by atoms with Gasteiger partial charge in [-0.05, 0) is 22.6 Å². The zero-order valence-electron chi connectivity index (χ0n) is 11.5.